The molecule has 24 heavy (non-hydrogen) atoms. The van der Waals surface area contributed by atoms with E-state index in [1.807, 2.05) is 6.92 Å². The van der Waals surface area contributed by atoms with Crippen molar-refractivity contribution < 1.29 is 19.2 Å². The first kappa shape index (κ1) is 16.3. The molecule has 2 atom stereocenters. The molecule has 1 aliphatic carbocycles. The highest BCUT2D eigenvalue weighted by atomic mass is 16.2. The molecule has 7 heteroatoms. The van der Waals surface area contributed by atoms with E-state index in [0.717, 1.165) is 16.0 Å². The van der Waals surface area contributed by atoms with Crippen molar-refractivity contribution in [2.24, 2.45) is 5.73 Å². The van der Waals surface area contributed by atoms with Crippen molar-refractivity contribution in [2.45, 2.75) is 45.2 Å². The fraction of sp³-hybridized carbons (Fsp3) is 0.412. The highest BCUT2D eigenvalue weighted by Crippen LogP contribution is 2.34. The second-order valence-electron chi connectivity index (χ2n) is 6.40. The number of imide groups is 2. The van der Waals surface area contributed by atoms with Crippen molar-refractivity contribution in [1.29, 1.82) is 0 Å². The number of carbonyl (C=O) groups excluding carboxylic acids is 4. The quantitative estimate of drug-likeness (QED) is 0.662. The SMILES string of the molecule is C/C1=C2/C(=O)N(C3CCC(=O)NC3=O)C(=O)/C2=C/C=C(\C)C(N)C1. The monoisotopic (exact) mass is 329 g/mol. The number of hydrogen-bond acceptors (Lipinski definition) is 5. The number of amides is 4. The van der Waals surface area contributed by atoms with Gasteiger partial charge in [0.05, 0.1) is 11.1 Å². The molecule has 3 aliphatic rings. The summed E-state index contributed by atoms with van der Waals surface area (Å²) in [6.45, 7) is 3.65. The molecule has 2 aliphatic heterocycles. The Kier molecular flexibility index (Phi) is 3.96. The van der Waals surface area contributed by atoms with Crippen LogP contribution >= 0.6 is 0 Å². The number of nitrogens with one attached hydrogen (secondary N) is 1. The minimum Gasteiger partial charge on any atom is -0.324 e. The molecule has 2 saturated heterocycles. The summed E-state index contributed by atoms with van der Waals surface area (Å²) < 4.78 is 0. The van der Waals surface area contributed by atoms with Crippen LogP contribution in [-0.4, -0.2) is 40.6 Å². The minimum absolute atomic E-state index is 0.106. The van der Waals surface area contributed by atoms with Crippen LogP contribution in [0.5, 0.6) is 0 Å². The number of nitrogens with two attached hydrogens (primary N) is 1. The number of piperidine rings is 1. The van der Waals surface area contributed by atoms with Crippen LogP contribution in [0.15, 0.2) is 34.4 Å². The summed E-state index contributed by atoms with van der Waals surface area (Å²) in [5.41, 5.74) is 8.33. The van der Waals surface area contributed by atoms with Crippen LogP contribution < -0.4 is 11.1 Å². The van der Waals surface area contributed by atoms with Crippen molar-refractivity contribution in [3.63, 3.8) is 0 Å². The molecule has 126 valence electrons. The first-order valence-corrected chi connectivity index (χ1v) is 7.87. The molecule has 2 fully saturated rings. The van der Waals surface area contributed by atoms with Gasteiger partial charge in [0.2, 0.25) is 11.8 Å². The van der Waals surface area contributed by atoms with Gasteiger partial charge < -0.3 is 5.73 Å². The average molecular weight is 329 g/mol. The molecule has 0 bridgehead atoms. The fourth-order valence-corrected chi connectivity index (χ4v) is 3.27. The zero-order valence-corrected chi connectivity index (χ0v) is 13.6. The number of allylic oxidation sites excluding steroid dienone is 2. The lowest BCUT2D eigenvalue weighted by molar-refractivity contribution is -0.149. The summed E-state index contributed by atoms with van der Waals surface area (Å²) in [6.07, 6.45) is 4.06. The van der Waals surface area contributed by atoms with Crippen LogP contribution in [0.1, 0.15) is 33.1 Å². The number of fused-ring (bicyclic) bond motifs is 1. The lowest BCUT2D eigenvalue weighted by Gasteiger charge is -2.27. The number of rotatable bonds is 1. The van der Waals surface area contributed by atoms with Gasteiger partial charge in [-0.1, -0.05) is 17.2 Å². The Morgan fingerprint density at radius 3 is 2.50 bits per heavy atom. The molecule has 2 heterocycles. The molecule has 0 aromatic rings. The zero-order valence-electron chi connectivity index (χ0n) is 13.6. The van der Waals surface area contributed by atoms with Gasteiger partial charge in [-0.25, -0.2) is 0 Å². The van der Waals surface area contributed by atoms with Crippen LogP contribution in [0.3, 0.4) is 0 Å². The number of nitrogens with zero attached hydrogens (tertiary/aromatic N) is 1. The standard InChI is InChI=1S/C17H19N3O4/c1-8-3-4-10-14(9(2)7-11(8)18)17(24)20(16(10)23)12-5-6-13(21)19-15(12)22/h3-4,11-12H,5-7,18H2,1-2H3,(H,19,21,22)/b8-3+,10-4+,14-9-. The van der Waals surface area contributed by atoms with Gasteiger partial charge in [-0.2, -0.15) is 0 Å². The largest absolute Gasteiger partial charge is 0.324 e. The Bertz CT molecular complexity index is 760. The van der Waals surface area contributed by atoms with E-state index in [1.54, 1.807) is 19.1 Å². The van der Waals surface area contributed by atoms with Gasteiger partial charge in [0, 0.05) is 12.5 Å². The van der Waals surface area contributed by atoms with E-state index in [-0.39, 0.29) is 30.4 Å². The van der Waals surface area contributed by atoms with Gasteiger partial charge in [-0.05, 0) is 32.8 Å². The first-order valence-electron chi connectivity index (χ1n) is 7.87. The molecule has 0 saturated carbocycles. The molecule has 0 aromatic carbocycles. The third kappa shape index (κ3) is 2.50. The Hall–Kier alpha value is -2.54. The smallest absolute Gasteiger partial charge is 0.262 e. The Labute approximate surface area is 139 Å². The fourth-order valence-electron chi connectivity index (χ4n) is 3.27. The number of carbonyl (C=O) groups is 4. The van der Waals surface area contributed by atoms with Gasteiger partial charge in [0.1, 0.15) is 6.04 Å². The molecule has 7 nitrogen and oxygen atoms in total. The summed E-state index contributed by atoms with van der Waals surface area (Å²) in [6, 6.07) is -1.17. The molecule has 0 spiro atoms. The van der Waals surface area contributed by atoms with Crippen LogP contribution in [0.2, 0.25) is 0 Å². The van der Waals surface area contributed by atoms with Crippen molar-refractivity contribution in [3.05, 3.63) is 34.4 Å². The topological polar surface area (TPSA) is 110 Å². The molecule has 4 amide bonds. The average Bonchev–Trinajstić information content (AvgIpc) is 2.75. The van der Waals surface area contributed by atoms with E-state index in [0.29, 0.717) is 12.0 Å². The number of hydrogen-bond donors (Lipinski definition) is 2. The maximum absolute atomic E-state index is 12.8. The predicted octanol–water partition coefficient (Wildman–Crippen LogP) is 0.0806. The Morgan fingerprint density at radius 1 is 1.12 bits per heavy atom. The van der Waals surface area contributed by atoms with Crippen molar-refractivity contribution >= 4 is 23.6 Å². The Morgan fingerprint density at radius 2 is 1.83 bits per heavy atom. The van der Waals surface area contributed by atoms with E-state index < -0.39 is 23.8 Å². The summed E-state index contributed by atoms with van der Waals surface area (Å²) in [4.78, 5) is 49.9. The van der Waals surface area contributed by atoms with E-state index >= 15 is 0 Å². The van der Waals surface area contributed by atoms with Gasteiger partial charge in [0.15, 0.2) is 0 Å². The van der Waals surface area contributed by atoms with Crippen LogP contribution in [0.4, 0.5) is 0 Å². The van der Waals surface area contributed by atoms with E-state index in [1.165, 1.54) is 0 Å². The second-order valence-corrected chi connectivity index (χ2v) is 6.40. The zero-order chi connectivity index (χ0) is 17.6. The highest BCUT2D eigenvalue weighted by Gasteiger charge is 2.47. The molecular formula is C17H19N3O4. The number of likely N-dealkylation sites (tertiary alicyclic amines) is 1. The molecule has 3 rings (SSSR count). The molecular weight excluding hydrogens is 310 g/mol. The lowest BCUT2D eigenvalue weighted by Crippen LogP contribution is -2.54. The van der Waals surface area contributed by atoms with Gasteiger partial charge in [-0.3, -0.25) is 29.4 Å². The third-order valence-electron chi connectivity index (χ3n) is 4.72. The van der Waals surface area contributed by atoms with Crippen LogP contribution in [-0.2, 0) is 19.2 Å². The van der Waals surface area contributed by atoms with Crippen molar-refractivity contribution in [1.82, 2.24) is 10.2 Å². The molecule has 0 radical (unpaired) electrons. The molecule has 0 aromatic heterocycles. The van der Waals surface area contributed by atoms with E-state index in [2.05, 4.69) is 5.32 Å². The van der Waals surface area contributed by atoms with Crippen LogP contribution in [0.25, 0.3) is 0 Å². The molecule has 2 unspecified atom stereocenters. The minimum atomic E-state index is -0.948. The maximum atomic E-state index is 12.8. The second kappa shape index (κ2) is 5.83. The van der Waals surface area contributed by atoms with Crippen molar-refractivity contribution in [3.8, 4) is 0 Å². The van der Waals surface area contributed by atoms with Gasteiger partial charge in [0.25, 0.3) is 11.8 Å². The summed E-state index contributed by atoms with van der Waals surface area (Å²) >= 11 is 0. The van der Waals surface area contributed by atoms with Crippen molar-refractivity contribution in [2.75, 3.05) is 0 Å². The third-order valence-corrected chi connectivity index (χ3v) is 4.72. The summed E-state index contributed by atoms with van der Waals surface area (Å²) in [5.74, 6) is -1.98. The normalized spacial score (nSPS) is 35.5. The lowest BCUT2D eigenvalue weighted by atomic mass is 9.92. The summed E-state index contributed by atoms with van der Waals surface area (Å²) in [7, 11) is 0. The first-order chi connectivity index (χ1) is 11.3. The summed E-state index contributed by atoms with van der Waals surface area (Å²) in [5, 5.41) is 2.19. The maximum Gasteiger partial charge on any atom is 0.262 e. The van der Waals surface area contributed by atoms with Gasteiger partial charge >= 0.3 is 0 Å². The highest BCUT2D eigenvalue weighted by molar-refractivity contribution is 6.26. The van der Waals surface area contributed by atoms with E-state index in [4.69, 9.17) is 5.73 Å². The van der Waals surface area contributed by atoms with E-state index in [9.17, 15) is 19.2 Å². The van der Waals surface area contributed by atoms with Gasteiger partial charge in [-0.15, -0.1) is 0 Å². The molecule has 3 N–H and O–H groups in total. The Balaban J connectivity index is 2.04. The predicted molar refractivity (Wildman–Crippen MR) is 85.2 cm³/mol. The van der Waals surface area contributed by atoms with Crippen LogP contribution in [0, 0.1) is 0 Å².